The summed E-state index contributed by atoms with van der Waals surface area (Å²) in [6.07, 6.45) is 2.12. The van der Waals surface area contributed by atoms with Crippen molar-refractivity contribution in [3.8, 4) is 16.9 Å². The van der Waals surface area contributed by atoms with Gasteiger partial charge in [0, 0.05) is 47.0 Å². The fourth-order valence-electron chi connectivity index (χ4n) is 4.45. The van der Waals surface area contributed by atoms with E-state index in [0.29, 0.717) is 25.2 Å². The highest BCUT2D eigenvalue weighted by Crippen LogP contribution is 2.35. The van der Waals surface area contributed by atoms with Crippen molar-refractivity contribution in [1.82, 2.24) is 14.7 Å². The molecule has 4 aromatic rings. The fraction of sp³-hybridized carbons (Fsp3) is 0.207. The molecule has 1 aromatic heterocycles. The number of benzene rings is 3. The van der Waals surface area contributed by atoms with Crippen molar-refractivity contribution in [3.05, 3.63) is 100 Å². The smallest absolute Gasteiger partial charge is 0.250 e. The molecule has 0 bridgehead atoms. The van der Waals surface area contributed by atoms with Gasteiger partial charge in [0.1, 0.15) is 18.1 Å². The van der Waals surface area contributed by atoms with Gasteiger partial charge < -0.3 is 20.7 Å². The lowest BCUT2D eigenvalue weighted by molar-refractivity contribution is -0.128. The standard InChI is InChI=1S/C29H27BrFN5O3/c30-21-5-11-24(12-6-21)36-17-25(28(34-36)20-3-7-22(31)8-4-20)29-35(27(38)18-39-29)16-14-19-1-9-23(10-2-19)33-15-13-26(32)37/h1-12,17,29,33H,13-16,18H2,(H2,32,37). The number of halogens is 2. The van der Waals surface area contributed by atoms with E-state index in [1.165, 1.54) is 12.1 Å². The lowest BCUT2D eigenvalue weighted by Gasteiger charge is -2.23. The molecule has 39 heavy (non-hydrogen) atoms. The highest BCUT2D eigenvalue weighted by molar-refractivity contribution is 9.10. The molecule has 0 spiro atoms. The minimum Gasteiger partial charge on any atom is -0.385 e. The van der Waals surface area contributed by atoms with Crippen LogP contribution in [0.2, 0.25) is 0 Å². The minimum absolute atomic E-state index is 0.0281. The third-order valence-corrected chi connectivity index (χ3v) is 7.01. The highest BCUT2D eigenvalue weighted by Gasteiger charge is 2.36. The lowest BCUT2D eigenvalue weighted by atomic mass is 10.1. The highest BCUT2D eigenvalue weighted by atomic mass is 79.9. The van der Waals surface area contributed by atoms with Gasteiger partial charge in [-0.05, 0) is 72.6 Å². The first-order valence-corrected chi connectivity index (χ1v) is 13.3. The summed E-state index contributed by atoms with van der Waals surface area (Å²) in [6, 6.07) is 21.7. The number of rotatable bonds is 10. The first-order chi connectivity index (χ1) is 18.9. The second-order valence-corrected chi connectivity index (χ2v) is 10.1. The topological polar surface area (TPSA) is 102 Å². The molecule has 200 valence electrons. The fourth-order valence-corrected chi connectivity index (χ4v) is 4.71. The summed E-state index contributed by atoms with van der Waals surface area (Å²) < 4.78 is 22.3. The number of primary amides is 1. The number of amides is 2. The van der Waals surface area contributed by atoms with Crippen molar-refractivity contribution in [2.24, 2.45) is 5.73 Å². The van der Waals surface area contributed by atoms with E-state index in [1.54, 1.807) is 21.7 Å². The van der Waals surface area contributed by atoms with Gasteiger partial charge >= 0.3 is 0 Å². The van der Waals surface area contributed by atoms with Crippen LogP contribution in [-0.4, -0.2) is 46.2 Å². The van der Waals surface area contributed by atoms with Crippen LogP contribution >= 0.6 is 15.9 Å². The zero-order chi connectivity index (χ0) is 27.4. The summed E-state index contributed by atoms with van der Waals surface area (Å²) >= 11 is 3.46. The molecule has 1 aliphatic heterocycles. The summed E-state index contributed by atoms with van der Waals surface area (Å²) in [5, 5.41) is 7.96. The number of ether oxygens (including phenoxy) is 1. The Balaban J connectivity index is 1.37. The van der Waals surface area contributed by atoms with Crippen LogP contribution in [0.15, 0.2) is 83.5 Å². The van der Waals surface area contributed by atoms with Crippen LogP contribution in [0.1, 0.15) is 23.8 Å². The molecule has 0 radical (unpaired) electrons. The number of nitrogens with one attached hydrogen (secondary N) is 1. The molecule has 2 heterocycles. The van der Waals surface area contributed by atoms with Gasteiger partial charge in [0.15, 0.2) is 6.23 Å². The van der Waals surface area contributed by atoms with Gasteiger partial charge in [-0.3, -0.25) is 9.59 Å². The maximum Gasteiger partial charge on any atom is 0.250 e. The molecule has 1 fully saturated rings. The number of hydrogen-bond donors (Lipinski definition) is 2. The zero-order valence-electron chi connectivity index (χ0n) is 21.0. The van der Waals surface area contributed by atoms with Gasteiger partial charge in [-0.25, -0.2) is 9.07 Å². The molecular weight excluding hydrogens is 565 g/mol. The Hall–Kier alpha value is -4.02. The predicted octanol–water partition coefficient (Wildman–Crippen LogP) is 4.83. The molecule has 0 aliphatic carbocycles. The maximum absolute atomic E-state index is 13.7. The van der Waals surface area contributed by atoms with Gasteiger partial charge in [0.25, 0.3) is 5.91 Å². The van der Waals surface area contributed by atoms with Crippen molar-refractivity contribution in [2.45, 2.75) is 19.1 Å². The van der Waals surface area contributed by atoms with Crippen LogP contribution in [0.25, 0.3) is 16.9 Å². The number of nitrogens with zero attached hydrogens (tertiary/aromatic N) is 3. The average molecular weight is 592 g/mol. The van der Waals surface area contributed by atoms with Gasteiger partial charge in [-0.15, -0.1) is 0 Å². The van der Waals surface area contributed by atoms with Crippen LogP contribution in [-0.2, 0) is 20.7 Å². The number of carbonyl (C=O) groups excluding carboxylic acids is 2. The lowest BCUT2D eigenvalue weighted by Crippen LogP contribution is -2.30. The van der Waals surface area contributed by atoms with E-state index in [4.69, 9.17) is 15.6 Å². The summed E-state index contributed by atoms with van der Waals surface area (Å²) in [6.45, 7) is 0.893. The Kier molecular flexibility index (Phi) is 8.04. The van der Waals surface area contributed by atoms with Crippen LogP contribution in [0.3, 0.4) is 0 Å². The molecule has 2 amide bonds. The van der Waals surface area contributed by atoms with Gasteiger partial charge in [-0.2, -0.15) is 5.10 Å². The molecular formula is C29H27BrFN5O3. The number of nitrogens with two attached hydrogens (primary N) is 1. The third-order valence-electron chi connectivity index (χ3n) is 6.48. The van der Waals surface area contributed by atoms with Crippen molar-refractivity contribution in [2.75, 3.05) is 25.0 Å². The van der Waals surface area contributed by atoms with E-state index >= 15 is 0 Å². The van der Waals surface area contributed by atoms with Crippen molar-refractivity contribution in [1.29, 1.82) is 0 Å². The third kappa shape index (κ3) is 6.35. The normalized spacial score (nSPS) is 15.1. The second-order valence-electron chi connectivity index (χ2n) is 9.20. The molecule has 1 aliphatic rings. The van der Waals surface area contributed by atoms with Gasteiger partial charge in [-0.1, -0.05) is 28.1 Å². The van der Waals surface area contributed by atoms with Crippen molar-refractivity contribution < 1.29 is 18.7 Å². The largest absolute Gasteiger partial charge is 0.385 e. The van der Waals surface area contributed by atoms with Crippen molar-refractivity contribution in [3.63, 3.8) is 0 Å². The Morgan fingerprint density at radius 2 is 1.79 bits per heavy atom. The van der Waals surface area contributed by atoms with Crippen LogP contribution < -0.4 is 11.1 Å². The Bertz CT molecular complexity index is 1460. The quantitative estimate of drug-likeness (QED) is 0.275. The molecule has 1 saturated heterocycles. The monoisotopic (exact) mass is 591 g/mol. The second kappa shape index (κ2) is 11.8. The first kappa shape index (κ1) is 26.6. The molecule has 1 atom stereocenters. The summed E-state index contributed by atoms with van der Waals surface area (Å²) in [4.78, 5) is 25.5. The number of hydrogen-bond acceptors (Lipinski definition) is 5. The number of aromatic nitrogens is 2. The predicted molar refractivity (Wildman–Crippen MR) is 150 cm³/mol. The van der Waals surface area contributed by atoms with Crippen molar-refractivity contribution >= 4 is 33.4 Å². The maximum atomic E-state index is 13.7. The number of carbonyl (C=O) groups is 2. The molecule has 1 unspecified atom stereocenters. The Morgan fingerprint density at radius 3 is 2.49 bits per heavy atom. The Labute approximate surface area is 233 Å². The van der Waals surface area contributed by atoms with E-state index in [2.05, 4.69) is 21.2 Å². The molecule has 3 aromatic carbocycles. The molecule has 0 saturated carbocycles. The zero-order valence-corrected chi connectivity index (χ0v) is 22.6. The summed E-state index contributed by atoms with van der Waals surface area (Å²) in [5.74, 6) is -0.794. The van der Waals surface area contributed by atoms with E-state index in [1.807, 2.05) is 54.7 Å². The van der Waals surface area contributed by atoms with E-state index in [-0.39, 0.29) is 30.7 Å². The SMILES string of the molecule is NC(=O)CCNc1ccc(CCN2C(=O)COC2c2cn(-c3ccc(Br)cc3)nc2-c2ccc(F)cc2)cc1. The molecule has 8 nitrogen and oxygen atoms in total. The van der Waals surface area contributed by atoms with Crippen LogP contribution in [0.5, 0.6) is 0 Å². The Morgan fingerprint density at radius 1 is 1.08 bits per heavy atom. The number of anilines is 1. The van der Waals surface area contributed by atoms with Gasteiger partial charge in [0.2, 0.25) is 5.91 Å². The molecule has 5 rings (SSSR count). The van der Waals surface area contributed by atoms with E-state index in [9.17, 15) is 14.0 Å². The summed E-state index contributed by atoms with van der Waals surface area (Å²) in [7, 11) is 0. The van der Waals surface area contributed by atoms with Gasteiger partial charge in [0.05, 0.1) is 5.69 Å². The minimum atomic E-state index is -0.628. The molecule has 3 N–H and O–H groups in total. The van der Waals surface area contributed by atoms with Crippen LogP contribution in [0.4, 0.5) is 10.1 Å². The summed E-state index contributed by atoms with van der Waals surface area (Å²) in [5.41, 5.74) is 10.0. The molecule has 10 heteroatoms. The van der Waals surface area contributed by atoms with Crippen LogP contribution in [0, 0.1) is 5.82 Å². The first-order valence-electron chi connectivity index (χ1n) is 12.5. The average Bonchev–Trinajstić information content (AvgIpc) is 3.52. The van der Waals surface area contributed by atoms with E-state index < -0.39 is 6.23 Å². The van der Waals surface area contributed by atoms with E-state index in [0.717, 1.165) is 32.5 Å².